The lowest BCUT2D eigenvalue weighted by atomic mass is 9.89. The Kier molecular flexibility index (Phi) is 5.72. The highest BCUT2D eigenvalue weighted by Gasteiger charge is 2.53. The molecule has 1 saturated carbocycles. The summed E-state index contributed by atoms with van der Waals surface area (Å²) in [5.41, 5.74) is 3.89. The normalized spacial score (nSPS) is 20.1. The Labute approximate surface area is 187 Å². The molecule has 3 aromatic rings. The molecule has 31 heavy (non-hydrogen) atoms. The number of piperidine rings is 1. The SMILES string of the molecule is Fc1ccc(Cl)c(-c2ccc(CC[C@@H]3CC34CCN(Cc3ccccn3)CC4)nn2)c1. The molecule has 1 saturated heterocycles. The molecule has 0 unspecified atom stereocenters. The van der Waals surface area contributed by atoms with E-state index in [0.29, 0.717) is 21.7 Å². The van der Waals surface area contributed by atoms with E-state index in [4.69, 9.17) is 11.6 Å². The van der Waals surface area contributed by atoms with Crippen LogP contribution in [0.4, 0.5) is 4.39 Å². The van der Waals surface area contributed by atoms with Crippen LogP contribution in [0.2, 0.25) is 5.02 Å². The zero-order chi connectivity index (χ0) is 21.3. The average Bonchev–Trinajstić information content (AvgIpc) is 3.48. The molecule has 2 aliphatic rings. The first-order chi connectivity index (χ1) is 15.1. The minimum Gasteiger partial charge on any atom is -0.297 e. The molecule has 2 aromatic heterocycles. The molecule has 6 heteroatoms. The number of pyridine rings is 1. The van der Waals surface area contributed by atoms with Crippen molar-refractivity contribution >= 4 is 11.6 Å². The molecule has 0 N–H and O–H groups in total. The fourth-order valence-electron chi connectivity index (χ4n) is 4.98. The zero-order valence-electron chi connectivity index (χ0n) is 17.5. The highest BCUT2D eigenvalue weighted by Crippen LogP contribution is 2.61. The quantitative estimate of drug-likeness (QED) is 0.506. The Morgan fingerprint density at radius 2 is 1.90 bits per heavy atom. The summed E-state index contributed by atoms with van der Waals surface area (Å²) in [4.78, 5) is 6.99. The first-order valence-electron chi connectivity index (χ1n) is 11.0. The smallest absolute Gasteiger partial charge is 0.123 e. The van der Waals surface area contributed by atoms with Crippen molar-refractivity contribution in [2.24, 2.45) is 11.3 Å². The molecule has 0 amide bonds. The molecule has 160 valence electrons. The summed E-state index contributed by atoms with van der Waals surface area (Å²) in [6, 6.07) is 14.3. The van der Waals surface area contributed by atoms with Gasteiger partial charge in [0, 0.05) is 18.3 Å². The lowest BCUT2D eigenvalue weighted by molar-refractivity contribution is 0.153. The molecule has 1 aliphatic carbocycles. The van der Waals surface area contributed by atoms with E-state index in [2.05, 4.69) is 32.2 Å². The Balaban J connectivity index is 1.12. The maximum Gasteiger partial charge on any atom is 0.123 e. The van der Waals surface area contributed by atoms with Gasteiger partial charge in [-0.2, -0.15) is 10.2 Å². The van der Waals surface area contributed by atoms with Crippen molar-refractivity contribution < 1.29 is 4.39 Å². The van der Waals surface area contributed by atoms with Crippen molar-refractivity contribution in [3.8, 4) is 11.3 Å². The number of aromatic nitrogens is 3. The number of benzene rings is 1. The van der Waals surface area contributed by atoms with E-state index in [-0.39, 0.29) is 5.82 Å². The summed E-state index contributed by atoms with van der Waals surface area (Å²) < 4.78 is 13.5. The molecule has 1 atom stereocenters. The van der Waals surface area contributed by atoms with Crippen molar-refractivity contribution in [1.82, 2.24) is 20.1 Å². The van der Waals surface area contributed by atoms with E-state index in [1.54, 1.807) is 6.07 Å². The second-order valence-corrected chi connectivity index (χ2v) is 9.34. The van der Waals surface area contributed by atoms with Gasteiger partial charge in [-0.25, -0.2) is 4.39 Å². The topological polar surface area (TPSA) is 41.9 Å². The van der Waals surface area contributed by atoms with Crippen molar-refractivity contribution in [3.05, 3.63) is 77.0 Å². The predicted octanol–water partition coefficient (Wildman–Crippen LogP) is 5.57. The largest absolute Gasteiger partial charge is 0.297 e. The summed E-state index contributed by atoms with van der Waals surface area (Å²) in [5.74, 6) is 0.471. The summed E-state index contributed by atoms with van der Waals surface area (Å²) in [6.45, 7) is 3.28. The van der Waals surface area contributed by atoms with Crippen molar-refractivity contribution in [1.29, 1.82) is 0 Å². The average molecular weight is 437 g/mol. The van der Waals surface area contributed by atoms with E-state index >= 15 is 0 Å². The second kappa shape index (κ2) is 8.64. The van der Waals surface area contributed by atoms with Crippen molar-refractivity contribution in [2.75, 3.05) is 13.1 Å². The van der Waals surface area contributed by atoms with Crippen LogP contribution < -0.4 is 0 Å². The summed E-state index contributed by atoms with van der Waals surface area (Å²) in [7, 11) is 0. The summed E-state index contributed by atoms with van der Waals surface area (Å²) >= 11 is 6.18. The first kappa shape index (κ1) is 20.5. The molecule has 5 rings (SSSR count). The second-order valence-electron chi connectivity index (χ2n) is 8.93. The number of halogens is 2. The van der Waals surface area contributed by atoms with Gasteiger partial charge in [0.25, 0.3) is 0 Å². The van der Waals surface area contributed by atoms with Gasteiger partial charge in [0.15, 0.2) is 0 Å². The van der Waals surface area contributed by atoms with Gasteiger partial charge in [-0.15, -0.1) is 0 Å². The van der Waals surface area contributed by atoms with E-state index in [1.165, 1.54) is 31.4 Å². The van der Waals surface area contributed by atoms with E-state index in [9.17, 15) is 4.39 Å². The van der Waals surface area contributed by atoms with Gasteiger partial charge < -0.3 is 0 Å². The lowest BCUT2D eigenvalue weighted by Crippen LogP contribution is -2.35. The molecule has 0 radical (unpaired) electrons. The van der Waals surface area contributed by atoms with Gasteiger partial charge in [0.05, 0.1) is 22.1 Å². The molecule has 1 aromatic carbocycles. The maximum atomic E-state index is 13.5. The minimum atomic E-state index is -0.324. The monoisotopic (exact) mass is 436 g/mol. The van der Waals surface area contributed by atoms with Crippen LogP contribution in [0, 0.1) is 17.2 Å². The minimum absolute atomic E-state index is 0.324. The number of likely N-dealkylation sites (tertiary alicyclic amines) is 1. The molecular formula is C25H26ClFN4. The molecule has 1 aliphatic heterocycles. The molecular weight excluding hydrogens is 411 g/mol. The van der Waals surface area contributed by atoms with Crippen LogP contribution in [0.5, 0.6) is 0 Å². The third-order valence-electron chi connectivity index (χ3n) is 7.00. The van der Waals surface area contributed by atoms with Gasteiger partial charge >= 0.3 is 0 Å². The highest BCUT2D eigenvalue weighted by molar-refractivity contribution is 6.33. The van der Waals surface area contributed by atoms with Gasteiger partial charge in [0.2, 0.25) is 0 Å². The van der Waals surface area contributed by atoms with Crippen LogP contribution in [0.3, 0.4) is 0 Å². The number of hydrogen-bond donors (Lipinski definition) is 0. The van der Waals surface area contributed by atoms with Crippen LogP contribution in [0.25, 0.3) is 11.3 Å². The third kappa shape index (κ3) is 4.63. The fourth-order valence-corrected chi connectivity index (χ4v) is 5.20. The van der Waals surface area contributed by atoms with Gasteiger partial charge in [-0.05, 0) is 99.0 Å². The van der Waals surface area contributed by atoms with Crippen LogP contribution >= 0.6 is 11.6 Å². The van der Waals surface area contributed by atoms with Crippen LogP contribution in [-0.2, 0) is 13.0 Å². The molecule has 0 bridgehead atoms. The maximum absolute atomic E-state index is 13.5. The Morgan fingerprint density at radius 1 is 1.03 bits per heavy atom. The molecule has 4 nitrogen and oxygen atoms in total. The lowest BCUT2D eigenvalue weighted by Gasteiger charge is -2.32. The standard InChI is InChI=1S/C25H26ClFN4/c26-23-8-5-19(27)15-22(23)24-9-7-20(29-30-24)6-4-18-16-25(18)10-13-31(14-11-25)17-21-3-1-2-12-28-21/h1-3,5,7-9,12,15,18H,4,6,10-11,13-14,16-17H2/t18-/m1/s1. The van der Waals surface area contributed by atoms with Crippen molar-refractivity contribution in [3.63, 3.8) is 0 Å². The van der Waals surface area contributed by atoms with E-state index in [1.807, 2.05) is 24.4 Å². The van der Waals surface area contributed by atoms with Crippen LogP contribution in [0.15, 0.2) is 54.7 Å². The zero-order valence-corrected chi connectivity index (χ0v) is 18.2. The number of hydrogen-bond acceptors (Lipinski definition) is 4. The Hall–Kier alpha value is -2.37. The van der Waals surface area contributed by atoms with E-state index in [0.717, 1.165) is 49.8 Å². The van der Waals surface area contributed by atoms with Crippen molar-refractivity contribution in [2.45, 2.75) is 38.6 Å². The molecule has 1 spiro atoms. The molecule has 2 fully saturated rings. The number of nitrogens with zero attached hydrogens (tertiary/aromatic N) is 4. The Morgan fingerprint density at radius 3 is 2.65 bits per heavy atom. The summed E-state index contributed by atoms with van der Waals surface area (Å²) in [6.07, 6.45) is 7.89. The van der Waals surface area contributed by atoms with Crippen LogP contribution in [0.1, 0.15) is 37.1 Å². The number of rotatable bonds is 6. The van der Waals surface area contributed by atoms with Crippen LogP contribution in [-0.4, -0.2) is 33.2 Å². The summed E-state index contributed by atoms with van der Waals surface area (Å²) in [5, 5.41) is 9.15. The highest BCUT2D eigenvalue weighted by atomic mass is 35.5. The Bertz CT molecular complexity index is 1030. The third-order valence-corrected chi connectivity index (χ3v) is 7.33. The van der Waals surface area contributed by atoms with Gasteiger partial charge in [0.1, 0.15) is 5.82 Å². The van der Waals surface area contributed by atoms with Gasteiger partial charge in [-0.3, -0.25) is 9.88 Å². The number of aryl methyl sites for hydroxylation is 1. The predicted molar refractivity (Wildman–Crippen MR) is 120 cm³/mol. The fraction of sp³-hybridized carbons (Fsp3) is 0.400. The van der Waals surface area contributed by atoms with Gasteiger partial charge in [-0.1, -0.05) is 17.7 Å². The molecule has 3 heterocycles. The first-order valence-corrected chi connectivity index (χ1v) is 11.4. The van der Waals surface area contributed by atoms with E-state index < -0.39 is 0 Å².